The Hall–Kier alpha value is -1.59. The van der Waals surface area contributed by atoms with Crippen molar-refractivity contribution in [3.63, 3.8) is 0 Å². The predicted octanol–water partition coefficient (Wildman–Crippen LogP) is 1.85. The normalized spacial score (nSPS) is 17.7. The third-order valence-corrected chi connectivity index (χ3v) is 3.75. The van der Waals surface area contributed by atoms with Crippen LogP contribution in [0, 0.1) is 5.92 Å². The average Bonchev–Trinajstić information content (AvgIpc) is 2.44. The number of amides is 2. The fourth-order valence-electron chi connectivity index (χ4n) is 2.48. The minimum atomic E-state index is -0.126. The summed E-state index contributed by atoms with van der Waals surface area (Å²) in [6.07, 6.45) is 2.42. The molecule has 2 amide bonds. The van der Waals surface area contributed by atoms with Crippen LogP contribution in [0.15, 0.2) is 24.3 Å². The predicted molar refractivity (Wildman–Crippen MR) is 90.0 cm³/mol. The van der Waals surface area contributed by atoms with E-state index in [1.54, 1.807) is 0 Å². The van der Waals surface area contributed by atoms with Gasteiger partial charge >= 0.3 is 0 Å². The van der Waals surface area contributed by atoms with Gasteiger partial charge < -0.3 is 16.4 Å². The number of hydrogen-bond acceptors (Lipinski definition) is 3. The number of rotatable bonds is 6. The van der Waals surface area contributed by atoms with Crippen molar-refractivity contribution in [2.75, 3.05) is 11.9 Å². The van der Waals surface area contributed by atoms with Crippen LogP contribution in [0.2, 0.25) is 0 Å². The zero-order valence-electron chi connectivity index (χ0n) is 12.8. The number of para-hydroxylation sites is 1. The van der Waals surface area contributed by atoms with Crippen LogP contribution < -0.4 is 16.4 Å². The molecule has 1 aromatic carbocycles. The van der Waals surface area contributed by atoms with Gasteiger partial charge in [-0.3, -0.25) is 9.59 Å². The lowest BCUT2D eigenvalue weighted by Gasteiger charge is -2.24. The molecule has 0 spiro atoms. The lowest BCUT2D eigenvalue weighted by molar-refractivity contribution is -0.122. The summed E-state index contributed by atoms with van der Waals surface area (Å²) in [7, 11) is 0. The highest BCUT2D eigenvalue weighted by Crippen LogP contribution is 2.27. The molecule has 22 heavy (non-hydrogen) atoms. The molecule has 2 atom stereocenters. The van der Waals surface area contributed by atoms with Crippen LogP contribution >= 0.6 is 12.4 Å². The maximum atomic E-state index is 12.0. The molecule has 2 unspecified atom stereocenters. The standard InChI is InChI=1S/C16H23N3O2.ClH/c1-11(17)8-9-18-15(20)7-6-13-10-12-4-2-3-5-14(12)19-16(13)21;/h2-5,11,13H,6-10,17H2,1H3,(H,18,20)(H,19,21);1H. The van der Waals surface area contributed by atoms with Crippen LogP contribution in [0.1, 0.15) is 31.7 Å². The minimum absolute atomic E-state index is 0. The van der Waals surface area contributed by atoms with Gasteiger partial charge in [0, 0.05) is 30.6 Å². The van der Waals surface area contributed by atoms with E-state index in [9.17, 15) is 9.59 Å². The third kappa shape index (κ3) is 5.31. The van der Waals surface area contributed by atoms with Crippen LogP contribution in [0.5, 0.6) is 0 Å². The number of anilines is 1. The molecule has 0 saturated carbocycles. The summed E-state index contributed by atoms with van der Waals surface area (Å²) in [5.74, 6) is -0.126. The molecule has 0 bridgehead atoms. The van der Waals surface area contributed by atoms with Crippen molar-refractivity contribution < 1.29 is 9.59 Å². The molecule has 122 valence electrons. The van der Waals surface area contributed by atoms with Crippen molar-refractivity contribution in [1.29, 1.82) is 0 Å². The number of hydrogen-bond donors (Lipinski definition) is 3. The van der Waals surface area contributed by atoms with Gasteiger partial charge in [0.05, 0.1) is 0 Å². The van der Waals surface area contributed by atoms with E-state index < -0.39 is 0 Å². The van der Waals surface area contributed by atoms with Gasteiger partial charge in [-0.25, -0.2) is 0 Å². The Balaban J connectivity index is 0.00000242. The topological polar surface area (TPSA) is 84.2 Å². The van der Waals surface area contributed by atoms with Gasteiger partial charge in [-0.05, 0) is 37.8 Å². The Morgan fingerprint density at radius 3 is 2.91 bits per heavy atom. The Morgan fingerprint density at radius 1 is 1.45 bits per heavy atom. The highest BCUT2D eigenvalue weighted by molar-refractivity contribution is 5.96. The molecule has 1 aliphatic rings. The summed E-state index contributed by atoms with van der Waals surface area (Å²) in [5, 5.41) is 5.74. The van der Waals surface area contributed by atoms with E-state index in [2.05, 4.69) is 10.6 Å². The van der Waals surface area contributed by atoms with Crippen LogP contribution in [0.4, 0.5) is 5.69 Å². The summed E-state index contributed by atoms with van der Waals surface area (Å²) in [5.41, 5.74) is 7.66. The summed E-state index contributed by atoms with van der Waals surface area (Å²) in [4.78, 5) is 23.7. The van der Waals surface area contributed by atoms with Crippen molar-refractivity contribution in [2.24, 2.45) is 11.7 Å². The quantitative estimate of drug-likeness (QED) is 0.746. The first-order valence-corrected chi connectivity index (χ1v) is 7.47. The van der Waals surface area contributed by atoms with Crippen LogP contribution in [0.3, 0.4) is 0 Å². The third-order valence-electron chi connectivity index (χ3n) is 3.75. The molecular weight excluding hydrogens is 302 g/mol. The van der Waals surface area contributed by atoms with E-state index in [0.29, 0.717) is 25.8 Å². The maximum Gasteiger partial charge on any atom is 0.227 e. The van der Waals surface area contributed by atoms with Crippen LogP contribution in [-0.2, 0) is 16.0 Å². The van der Waals surface area contributed by atoms with Crippen molar-refractivity contribution in [3.8, 4) is 0 Å². The Kier molecular flexibility index (Phi) is 7.35. The first kappa shape index (κ1) is 18.5. The number of carbonyl (C=O) groups is 2. The number of halogens is 1. The summed E-state index contributed by atoms with van der Waals surface area (Å²) in [6, 6.07) is 7.89. The Bertz CT molecular complexity index is 520. The first-order valence-electron chi connectivity index (χ1n) is 7.47. The molecule has 0 aromatic heterocycles. The second kappa shape index (κ2) is 8.76. The van der Waals surface area contributed by atoms with Gasteiger partial charge in [-0.1, -0.05) is 18.2 Å². The van der Waals surface area contributed by atoms with Gasteiger partial charge in [-0.2, -0.15) is 0 Å². The van der Waals surface area contributed by atoms with Crippen molar-refractivity contribution in [3.05, 3.63) is 29.8 Å². The molecular formula is C16H24ClN3O2. The Labute approximate surface area is 137 Å². The second-order valence-corrected chi connectivity index (χ2v) is 5.70. The molecule has 4 N–H and O–H groups in total. The smallest absolute Gasteiger partial charge is 0.227 e. The average molecular weight is 326 g/mol. The van der Waals surface area contributed by atoms with Crippen LogP contribution in [0.25, 0.3) is 0 Å². The van der Waals surface area contributed by atoms with Gasteiger partial charge in [-0.15, -0.1) is 12.4 Å². The number of benzene rings is 1. The lowest BCUT2D eigenvalue weighted by Crippen LogP contribution is -2.32. The molecule has 1 aliphatic heterocycles. The molecule has 6 heteroatoms. The van der Waals surface area contributed by atoms with E-state index in [-0.39, 0.29) is 36.2 Å². The largest absolute Gasteiger partial charge is 0.356 e. The van der Waals surface area contributed by atoms with Gasteiger partial charge in [0.2, 0.25) is 11.8 Å². The first-order chi connectivity index (χ1) is 10.1. The number of nitrogens with one attached hydrogen (secondary N) is 2. The fraction of sp³-hybridized carbons (Fsp3) is 0.500. The van der Waals surface area contributed by atoms with E-state index in [4.69, 9.17) is 5.73 Å². The molecule has 5 nitrogen and oxygen atoms in total. The van der Waals surface area contributed by atoms with Crippen molar-refractivity contribution in [2.45, 2.75) is 38.6 Å². The number of fused-ring (bicyclic) bond motifs is 1. The molecule has 0 aliphatic carbocycles. The van der Waals surface area contributed by atoms with Gasteiger partial charge in [0.15, 0.2) is 0 Å². The highest BCUT2D eigenvalue weighted by atomic mass is 35.5. The minimum Gasteiger partial charge on any atom is -0.356 e. The monoisotopic (exact) mass is 325 g/mol. The lowest BCUT2D eigenvalue weighted by atomic mass is 9.89. The maximum absolute atomic E-state index is 12.0. The van der Waals surface area contributed by atoms with E-state index in [1.807, 2.05) is 31.2 Å². The number of carbonyl (C=O) groups excluding carboxylic acids is 2. The van der Waals surface area contributed by atoms with Gasteiger partial charge in [0.25, 0.3) is 0 Å². The fourth-order valence-corrected chi connectivity index (χ4v) is 2.48. The van der Waals surface area contributed by atoms with E-state index in [0.717, 1.165) is 17.7 Å². The molecule has 1 aromatic rings. The zero-order valence-corrected chi connectivity index (χ0v) is 13.6. The number of nitrogens with two attached hydrogens (primary N) is 1. The summed E-state index contributed by atoms with van der Waals surface area (Å²) < 4.78 is 0. The molecule has 0 saturated heterocycles. The molecule has 2 rings (SSSR count). The molecule has 1 heterocycles. The highest BCUT2D eigenvalue weighted by Gasteiger charge is 2.26. The van der Waals surface area contributed by atoms with E-state index in [1.165, 1.54) is 0 Å². The molecule has 0 fully saturated rings. The van der Waals surface area contributed by atoms with Crippen molar-refractivity contribution >= 4 is 29.9 Å². The molecule has 0 radical (unpaired) electrons. The zero-order chi connectivity index (χ0) is 15.2. The van der Waals surface area contributed by atoms with Crippen LogP contribution in [-0.4, -0.2) is 24.4 Å². The van der Waals surface area contributed by atoms with E-state index >= 15 is 0 Å². The van der Waals surface area contributed by atoms with Crippen molar-refractivity contribution in [1.82, 2.24) is 5.32 Å². The summed E-state index contributed by atoms with van der Waals surface area (Å²) >= 11 is 0. The second-order valence-electron chi connectivity index (χ2n) is 5.70. The van der Waals surface area contributed by atoms with Gasteiger partial charge in [0.1, 0.15) is 0 Å². The summed E-state index contributed by atoms with van der Waals surface area (Å²) in [6.45, 7) is 2.51. The SMILES string of the molecule is CC(N)CCNC(=O)CCC1Cc2ccccc2NC1=O.Cl. The Morgan fingerprint density at radius 2 is 2.18 bits per heavy atom.